The SMILES string of the molecule is CCN1C(=O)Cc2cc(C(=O)CCCC(=O)OC)ccc21. The van der Waals surface area contributed by atoms with Crippen LogP contribution in [0.5, 0.6) is 0 Å². The molecule has 0 saturated heterocycles. The van der Waals surface area contributed by atoms with Gasteiger partial charge in [-0.15, -0.1) is 0 Å². The number of carbonyl (C=O) groups is 3. The molecule has 0 spiro atoms. The molecule has 1 aromatic carbocycles. The maximum atomic E-state index is 12.1. The van der Waals surface area contributed by atoms with Gasteiger partial charge in [0, 0.05) is 30.6 Å². The van der Waals surface area contributed by atoms with Crippen molar-refractivity contribution < 1.29 is 19.1 Å². The minimum absolute atomic E-state index is 0.0101. The van der Waals surface area contributed by atoms with Crippen LogP contribution in [0, 0.1) is 0 Å². The minimum Gasteiger partial charge on any atom is -0.469 e. The number of methoxy groups -OCH3 is 1. The van der Waals surface area contributed by atoms with Gasteiger partial charge in [-0.05, 0) is 37.1 Å². The Morgan fingerprint density at radius 3 is 2.71 bits per heavy atom. The fourth-order valence-corrected chi connectivity index (χ4v) is 2.54. The van der Waals surface area contributed by atoms with Crippen molar-refractivity contribution in [2.75, 3.05) is 18.6 Å². The summed E-state index contributed by atoms with van der Waals surface area (Å²) < 4.78 is 4.54. The molecule has 1 aromatic rings. The predicted molar refractivity (Wildman–Crippen MR) is 78.4 cm³/mol. The normalized spacial score (nSPS) is 13.2. The van der Waals surface area contributed by atoms with E-state index in [0.717, 1.165) is 11.3 Å². The first-order chi connectivity index (χ1) is 10.1. The molecule has 1 aliphatic heterocycles. The van der Waals surface area contributed by atoms with Crippen molar-refractivity contribution in [1.82, 2.24) is 0 Å². The number of benzene rings is 1. The van der Waals surface area contributed by atoms with Crippen LogP contribution in [-0.4, -0.2) is 31.3 Å². The summed E-state index contributed by atoms with van der Waals surface area (Å²) in [6.45, 7) is 2.57. The van der Waals surface area contributed by atoms with Gasteiger partial charge < -0.3 is 9.64 Å². The van der Waals surface area contributed by atoms with Gasteiger partial charge >= 0.3 is 5.97 Å². The van der Waals surface area contributed by atoms with Gasteiger partial charge in [0.15, 0.2) is 5.78 Å². The lowest BCUT2D eigenvalue weighted by Gasteiger charge is -2.14. The van der Waals surface area contributed by atoms with Crippen molar-refractivity contribution in [2.24, 2.45) is 0 Å². The first-order valence-electron chi connectivity index (χ1n) is 7.10. The number of ketones is 1. The molecule has 21 heavy (non-hydrogen) atoms. The third-order valence-electron chi connectivity index (χ3n) is 3.66. The van der Waals surface area contributed by atoms with Crippen LogP contribution in [0.15, 0.2) is 18.2 Å². The number of hydrogen-bond donors (Lipinski definition) is 0. The Balaban J connectivity index is 2.03. The number of likely N-dealkylation sites (N-methyl/N-ethyl adjacent to an activating group) is 1. The zero-order valence-electron chi connectivity index (χ0n) is 12.3. The number of rotatable bonds is 6. The van der Waals surface area contributed by atoms with E-state index in [-0.39, 0.29) is 24.1 Å². The maximum Gasteiger partial charge on any atom is 0.305 e. The first-order valence-corrected chi connectivity index (χ1v) is 7.10. The number of Topliss-reactive ketones (excluding diaryl/α,β-unsaturated/α-hetero) is 1. The topological polar surface area (TPSA) is 63.7 Å². The summed E-state index contributed by atoms with van der Waals surface area (Å²) in [4.78, 5) is 36.6. The Hall–Kier alpha value is -2.17. The van der Waals surface area contributed by atoms with Gasteiger partial charge in [-0.3, -0.25) is 14.4 Å². The number of nitrogens with zero attached hydrogens (tertiary/aromatic N) is 1. The van der Waals surface area contributed by atoms with Crippen molar-refractivity contribution in [3.05, 3.63) is 29.3 Å². The van der Waals surface area contributed by atoms with Crippen molar-refractivity contribution in [1.29, 1.82) is 0 Å². The van der Waals surface area contributed by atoms with E-state index in [1.807, 2.05) is 13.0 Å². The molecule has 0 N–H and O–H groups in total. The fourth-order valence-electron chi connectivity index (χ4n) is 2.54. The van der Waals surface area contributed by atoms with Gasteiger partial charge in [-0.25, -0.2) is 0 Å². The highest BCUT2D eigenvalue weighted by atomic mass is 16.5. The molecule has 112 valence electrons. The largest absolute Gasteiger partial charge is 0.469 e. The highest BCUT2D eigenvalue weighted by molar-refractivity contribution is 6.03. The molecule has 0 radical (unpaired) electrons. The average Bonchev–Trinajstić information content (AvgIpc) is 2.80. The molecule has 2 rings (SSSR count). The van der Waals surface area contributed by atoms with Crippen LogP contribution in [-0.2, 0) is 20.7 Å². The molecule has 0 aromatic heterocycles. The molecule has 0 atom stereocenters. The monoisotopic (exact) mass is 289 g/mol. The third-order valence-corrected chi connectivity index (χ3v) is 3.66. The lowest BCUT2D eigenvalue weighted by atomic mass is 10.0. The molecule has 1 heterocycles. The standard InChI is InChI=1S/C16H19NO4/c1-3-17-13-8-7-11(9-12(13)10-15(17)19)14(18)5-4-6-16(20)21-2/h7-9H,3-6,10H2,1-2H3. The van der Waals surface area contributed by atoms with Crippen LogP contribution < -0.4 is 4.90 Å². The maximum absolute atomic E-state index is 12.1. The number of fused-ring (bicyclic) bond motifs is 1. The van der Waals surface area contributed by atoms with Crippen molar-refractivity contribution >= 4 is 23.3 Å². The summed E-state index contributed by atoms with van der Waals surface area (Å²) in [5, 5.41) is 0. The van der Waals surface area contributed by atoms with E-state index >= 15 is 0 Å². The molecule has 5 nitrogen and oxygen atoms in total. The van der Waals surface area contributed by atoms with Gasteiger partial charge in [-0.2, -0.15) is 0 Å². The second-order valence-electron chi connectivity index (χ2n) is 5.01. The molecular weight excluding hydrogens is 270 g/mol. The average molecular weight is 289 g/mol. The van der Waals surface area contributed by atoms with Crippen LogP contribution >= 0.6 is 0 Å². The van der Waals surface area contributed by atoms with Crippen LogP contribution in [0.3, 0.4) is 0 Å². The Morgan fingerprint density at radius 2 is 2.05 bits per heavy atom. The quantitative estimate of drug-likeness (QED) is 0.594. The van der Waals surface area contributed by atoms with Crippen LogP contribution in [0.25, 0.3) is 0 Å². The second kappa shape index (κ2) is 6.52. The molecule has 1 amide bonds. The van der Waals surface area contributed by atoms with Gasteiger partial charge in [0.2, 0.25) is 5.91 Å². The zero-order chi connectivity index (χ0) is 15.4. The molecule has 0 fully saturated rings. The van der Waals surface area contributed by atoms with E-state index in [4.69, 9.17) is 0 Å². The Morgan fingerprint density at radius 1 is 1.29 bits per heavy atom. The lowest BCUT2D eigenvalue weighted by Crippen LogP contribution is -2.25. The van der Waals surface area contributed by atoms with Gasteiger partial charge in [0.1, 0.15) is 0 Å². The first kappa shape index (κ1) is 15.2. The summed E-state index contributed by atoms with van der Waals surface area (Å²) in [5.41, 5.74) is 2.40. The number of ether oxygens (including phenoxy) is 1. The lowest BCUT2D eigenvalue weighted by molar-refractivity contribution is -0.140. The summed E-state index contributed by atoms with van der Waals surface area (Å²) >= 11 is 0. The summed E-state index contributed by atoms with van der Waals surface area (Å²) in [6.07, 6.45) is 1.38. The van der Waals surface area contributed by atoms with Crippen LogP contribution in [0.1, 0.15) is 42.1 Å². The molecule has 0 saturated carbocycles. The van der Waals surface area contributed by atoms with Crippen molar-refractivity contribution in [3.8, 4) is 0 Å². The third kappa shape index (κ3) is 3.29. The van der Waals surface area contributed by atoms with Crippen molar-refractivity contribution in [2.45, 2.75) is 32.6 Å². The van der Waals surface area contributed by atoms with E-state index in [2.05, 4.69) is 4.74 Å². The summed E-state index contributed by atoms with van der Waals surface area (Å²) in [7, 11) is 1.33. The second-order valence-corrected chi connectivity index (χ2v) is 5.01. The van der Waals surface area contributed by atoms with Gasteiger partial charge in [0.25, 0.3) is 0 Å². The molecule has 0 bridgehead atoms. The zero-order valence-corrected chi connectivity index (χ0v) is 12.3. The van der Waals surface area contributed by atoms with E-state index in [0.29, 0.717) is 31.4 Å². The Kier molecular flexibility index (Phi) is 4.73. The fraction of sp³-hybridized carbons (Fsp3) is 0.438. The van der Waals surface area contributed by atoms with Crippen LogP contribution in [0.4, 0.5) is 5.69 Å². The number of anilines is 1. The molecule has 0 aliphatic carbocycles. The van der Waals surface area contributed by atoms with E-state index < -0.39 is 0 Å². The van der Waals surface area contributed by atoms with E-state index in [1.165, 1.54) is 7.11 Å². The summed E-state index contributed by atoms with van der Waals surface area (Å²) in [6, 6.07) is 5.38. The number of hydrogen-bond acceptors (Lipinski definition) is 4. The van der Waals surface area contributed by atoms with E-state index in [1.54, 1.807) is 17.0 Å². The molecule has 0 unspecified atom stereocenters. The van der Waals surface area contributed by atoms with E-state index in [9.17, 15) is 14.4 Å². The highest BCUT2D eigenvalue weighted by Crippen LogP contribution is 2.29. The molecule has 5 heteroatoms. The molecule has 1 aliphatic rings. The minimum atomic E-state index is -0.305. The van der Waals surface area contributed by atoms with Gasteiger partial charge in [-0.1, -0.05) is 0 Å². The van der Waals surface area contributed by atoms with Crippen LogP contribution in [0.2, 0.25) is 0 Å². The smallest absolute Gasteiger partial charge is 0.305 e. The number of amides is 1. The Labute approximate surface area is 123 Å². The predicted octanol–water partition coefficient (Wildman–Crippen LogP) is 2.12. The summed E-state index contributed by atoms with van der Waals surface area (Å²) in [5.74, 6) is -0.243. The number of esters is 1. The van der Waals surface area contributed by atoms with Gasteiger partial charge in [0.05, 0.1) is 13.5 Å². The number of carbonyl (C=O) groups excluding carboxylic acids is 3. The Bertz CT molecular complexity index is 580. The highest BCUT2D eigenvalue weighted by Gasteiger charge is 2.26. The van der Waals surface area contributed by atoms with Crippen molar-refractivity contribution in [3.63, 3.8) is 0 Å². The molecular formula is C16H19NO4.